The second-order valence-electron chi connectivity index (χ2n) is 5.75. The number of alkyl halides is 3. The van der Waals surface area contributed by atoms with Crippen LogP contribution in [0, 0.1) is 6.92 Å². The maximum Gasteiger partial charge on any atom is 0.421 e. The van der Waals surface area contributed by atoms with Gasteiger partial charge in [0.15, 0.2) is 11.5 Å². The van der Waals surface area contributed by atoms with Crippen LogP contribution in [-0.2, 0) is 6.18 Å². The van der Waals surface area contributed by atoms with Crippen molar-refractivity contribution in [1.29, 1.82) is 0 Å². The predicted molar refractivity (Wildman–Crippen MR) is 93.4 cm³/mol. The van der Waals surface area contributed by atoms with E-state index in [4.69, 9.17) is 5.73 Å². The summed E-state index contributed by atoms with van der Waals surface area (Å²) >= 11 is 0. The van der Waals surface area contributed by atoms with E-state index in [2.05, 4.69) is 20.5 Å². The monoisotopic (exact) mass is 390 g/mol. The molecule has 0 fully saturated rings. The van der Waals surface area contributed by atoms with E-state index in [9.17, 15) is 22.8 Å². The summed E-state index contributed by atoms with van der Waals surface area (Å²) in [5, 5.41) is 10.4. The largest absolute Gasteiger partial charge is 0.421 e. The number of amides is 1. The second kappa shape index (κ2) is 7.10. The number of anilines is 2. The van der Waals surface area contributed by atoms with Gasteiger partial charge in [0.2, 0.25) is 0 Å². The molecule has 0 radical (unpaired) electrons. The SMILES string of the molecule is Cc1cc(Nc2ccc(-n3cccc(C(F)(F)F)c3=O)cn2)nnc1C(N)=O. The smallest absolute Gasteiger partial charge is 0.364 e. The lowest BCUT2D eigenvalue weighted by molar-refractivity contribution is -0.138. The Morgan fingerprint density at radius 1 is 1.18 bits per heavy atom. The summed E-state index contributed by atoms with van der Waals surface area (Å²) < 4.78 is 39.5. The molecule has 28 heavy (non-hydrogen) atoms. The van der Waals surface area contributed by atoms with E-state index in [0.717, 1.165) is 16.7 Å². The van der Waals surface area contributed by atoms with E-state index in [1.165, 1.54) is 24.5 Å². The van der Waals surface area contributed by atoms with Crippen LogP contribution >= 0.6 is 0 Å². The first kappa shape index (κ1) is 19.0. The number of hydrogen-bond donors (Lipinski definition) is 2. The number of aromatic nitrogens is 4. The average Bonchev–Trinajstić information content (AvgIpc) is 2.61. The van der Waals surface area contributed by atoms with Gasteiger partial charge in [-0.05, 0) is 42.8 Å². The van der Waals surface area contributed by atoms with Crippen LogP contribution in [0.4, 0.5) is 24.8 Å². The Morgan fingerprint density at radius 2 is 1.93 bits per heavy atom. The Morgan fingerprint density at radius 3 is 2.50 bits per heavy atom. The van der Waals surface area contributed by atoms with E-state index in [0.29, 0.717) is 17.2 Å². The van der Waals surface area contributed by atoms with Crippen molar-refractivity contribution in [2.75, 3.05) is 5.32 Å². The molecular formula is C17H13F3N6O2. The zero-order valence-electron chi connectivity index (χ0n) is 14.4. The van der Waals surface area contributed by atoms with Crippen molar-refractivity contribution >= 4 is 17.5 Å². The molecule has 1 amide bonds. The lowest BCUT2D eigenvalue weighted by Crippen LogP contribution is -2.27. The van der Waals surface area contributed by atoms with E-state index in [1.54, 1.807) is 13.0 Å². The summed E-state index contributed by atoms with van der Waals surface area (Å²) in [5.41, 5.74) is 3.42. The van der Waals surface area contributed by atoms with Gasteiger partial charge in [-0.15, -0.1) is 10.2 Å². The first-order valence-electron chi connectivity index (χ1n) is 7.83. The van der Waals surface area contributed by atoms with Crippen molar-refractivity contribution < 1.29 is 18.0 Å². The Hall–Kier alpha value is -3.76. The number of hydrogen-bond acceptors (Lipinski definition) is 6. The van der Waals surface area contributed by atoms with E-state index >= 15 is 0 Å². The van der Waals surface area contributed by atoms with Crippen LogP contribution in [0.1, 0.15) is 21.6 Å². The van der Waals surface area contributed by atoms with Crippen molar-refractivity contribution in [3.05, 3.63) is 69.9 Å². The van der Waals surface area contributed by atoms with Gasteiger partial charge in [0.05, 0.1) is 11.9 Å². The number of nitrogens with one attached hydrogen (secondary N) is 1. The number of primary amides is 1. The van der Waals surface area contributed by atoms with Crippen LogP contribution in [0.2, 0.25) is 0 Å². The third-order valence-corrected chi connectivity index (χ3v) is 3.75. The minimum Gasteiger partial charge on any atom is -0.364 e. The molecule has 0 atom stereocenters. The molecule has 8 nitrogen and oxygen atoms in total. The fraction of sp³-hybridized carbons (Fsp3) is 0.118. The molecule has 144 valence electrons. The number of pyridine rings is 2. The van der Waals surface area contributed by atoms with E-state index in [1.807, 2.05) is 0 Å². The van der Waals surface area contributed by atoms with Gasteiger partial charge in [0.1, 0.15) is 11.4 Å². The first-order valence-corrected chi connectivity index (χ1v) is 7.83. The molecule has 3 N–H and O–H groups in total. The third-order valence-electron chi connectivity index (χ3n) is 3.75. The van der Waals surface area contributed by atoms with Gasteiger partial charge in [-0.2, -0.15) is 13.2 Å². The van der Waals surface area contributed by atoms with Gasteiger partial charge < -0.3 is 11.1 Å². The van der Waals surface area contributed by atoms with Crippen LogP contribution in [0.3, 0.4) is 0 Å². The molecule has 0 aliphatic heterocycles. The number of nitrogens with zero attached hydrogens (tertiary/aromatic N) is 4. The van der Waals surface area contributed by atoms with Crippen LogP contribution in [-0.4, -0.2) is 25.7 Å². The molecular weight excluding hydrogens is 377 g/mol. The summed E-state index contributed by atoms with van der Waals surface area (Å²) in [6.07, 6.45) is -2.29. The summed E-state index contributed by atoms with van der Waals surface area (Å²) in [7, 11) is 0. The van der Waals surface area contributed by atoms with Crippen LogP contribution < -0.4 is 16.6 Å². The fourth-order valence-corrected chi connectivity index (χ4v) is 2.44. The molecule has 3 aromatic heterocycles. The Bertz CT molecular complexity index is 1090. The van der Waals surface area contributed by atoms with Gasteiger partial charge in [-0.3, -0.25) is 14.2 Å². The summed E-state index contributed by atoms with van der Waals surface area (Å²) in [6, 6.07) is 6.28. The van der Waals surface area contributed by atoms with Gasteiger partial charge >= 0.3 is 6.18 Å². The highest BCUT2D eigenvalue weighted by Gasteiger charge is 2.34. The number of aryl methyl sites for hydroxylation is 1. The molecule has 0 aliphatic rings. The number of halogens is 3. The minimum atomic E-state index is -4.75. The molecule has 3 aromatic rings. The Kier molecular flexibility index (Phi) is 4.82. The zero-order chi connectivity index (χ0) is 20.5. The standard InChI is InChI=1S/C17H13F3N6O2/c1-9-7-13(24-25-14(9)15(21)27)23-12-5-4-10(8-22-12)26-6-2-3-11(16(26)28)17(18,19)20/h2-8H,1H3,(H2,21,27)(H,22,23,24). The van der Waals surface area contributed by atoms with Gasteiger partial charge in [0, 0.05) is 6.20 Å². The molecule has 0 aliphatic carbocycles. The molecule has 0 unspecified atom stereocenters. The average molecular weight is 390 g/mol. The lowest BCUT2D eigenvalue weighted by Gasteiger charge is -2.11. The Balaban J connectivity index is 1.86. The quantitative estimate of drug-likeness (QED) is 0.706. The molecule has 3 rings (SSSR count). The maximum absolute atomic E-state index is 12.9. The van der Waals surface area contributed by atoms with E-state index < -0.39 is 23.2 Å². The normalized spacial score (nSPS) is 11.3. The van der Waals surface area contributed by atoms with Crippen LogP contribution in [0.15, 0.2) is 47.5 Å². The van der Waals surface area contributed by atoms with Crippen LogP contribution in [0.5, 0.6) is 0 Å². The van der Waals surface area contributed by atoms with Crippen molar-refractivity contribution in [2.24, 2.45) is 5.73 Å². The highest BCUT2D eigenvalue weighted by molar-refractivity contribution is 5.92. The zero-order valence-corrected chi connectivity index (χ0v) is 14.4. The molecule has 0 bridgehead atoms. The number of nitrogens with two attached hydrogens (primary N) is 1. The number of carbonyl (C=O) groups is 1. The lowest BCUT2D eigenvalue weighted by atomic mass is 10.2. The van der Waals surface area contributed by atoms with E-state index in [-0.39, 0.29) is 11.4 Å². The summed E-state index contributed by atoms with van der Waals surface area (Å²) in [6.45, 7) is 1.64. The van der Waals surface area contributed by atoms with Gasteiger partial charge in [-0.1, -0.05) is 0 Å². The maximum atomic E-state index is 12.9. The fourth-order valence-electron chi connectivity index (χ4n) is 2.44. The molecule has 0 spiro atoms. The van der Waals surface area contributed by atoms with Gasteiger partial charge in [0.25, 0.3) is 11.5 Å². The highest BCUT2D eigenvalue weighted by atomic mass is 19.4. The highest BCUT2D eigenvalue weighted by Crippen LogP contribution is 2.26. The molecule has 0 saturated carbocycles. The van der Waals surface area contributed by atoms with Crippen molar-refractivity contribution in [3.8, 4) is 5.69 Å². The molecule has 3 heterocycles. The topological polar surface area (TPSA) is 116 Å². The summed E-state index contributed by atoms with van der Waals surface area (Å²) in [4.78, 5) is 27.3. The second-order valence-corrected chi connectivity index (χ2v) is 5.75. The third kappa shape index (κ3) is 3.82. The predicted octanol–water partition coefficient (Wildman–Crippen LogP) is 2.19. The first-order chi connectivity index (χ1) is 13.2. The minimum absolute atomic E-state index is 0.0396. The molecule has 0 aromatic carbocycles. The van der Waals surface area contributed by atoms with Crippen molar-refractivity contribution in [2.45, 2.75) is 13.1 Å². The van der Waals surface area contributed by atoms with Crippen LogP contribution in [0.25, 0.3) is 5.69 Å². The summed E-state index contributed by atoms with van der Waals surface area (Å²) in [5.74, 6) is -0.103. The molecule has 0 saturated heterocycles. The van der Waals surface area contributed by atoms with Crippen molar-refractivity contribution in [1.82, 2.24) is 19.7 Å². The molecule has 11 heteroatoms. The van der Waals surface area contributed by atoms with Gasteiger partial charge in [-0.25, -0.2) is 4.98 Å². The Labute approximate surface area is 155 Å². The van der Waals surface area contributed by atoms with Crippen molar-refractivity contribution in [3.63, 3.8) is 0 Å². The number of rotatable bonds is 4. The number of carbonyl (C=O) groups excluding carboxylic acids is 1.